The van der Waals surface area contributed by atoms with Crippen LogP contribution in [0.5, 0.6) is 0 Å². The third-order valence-electron chi connectivity index (χ3n) is 8.74. The van der Waals surface area contributed by atoms with Crippen LogP contribution < -0.4 is 10.6 Å². The monoisotopic (exact) mass is 634 g/mol. The van der Waals surface area contributed by atoms with E-state index >= 15 is 0 Å². The molecule has 2 rings (SSSR count). The maximum atomic E-state index is 12.9. The van der Waals surface area contributed by atoms with E-state index in [4.69, 9.17) is 0 Å². The zero-order chi connectivity index (χ0) is 33.9. The van der Waals surface area contributed by atoms with Crippen LogP contribution in [0.4, 0.5) is 11.4 Å². The molecule has 0 heterocycles. The second-order valence-corrected chi connectivity index (χ2v) is 12.0. The number of benzene rings is 2. The fraction of sp³-hybridized carbons (Fsp3) is 0.632. The molecule has 0 spiro atoms. The van der Waals surface area contributed by atoms with Gasteiger partial charge in [-0.1, -0.05) is 66.8 Å². The molecule has 2 aromatic carbocycles. The van der Waals surface area contributed by atoms with Crippen molar-refractivity contribution in [3.8, 4) is 0 Å². The van der Waals surface area contributed by atoms with Gasteiger partial charge in [-0.25, -0.2) is 0 Å². The van der Waals surface area contributed by atoms with Crippen molar-refractivity contribution in [2.24, 2.45) is 0 Å². The molecule has 0 aliphatic heterocycles. The number of carbonyl (C=O) groups excluding carboxylic acids is 2. The molecule has 0 aliphatic carbocycles. The third kappa shape index (κ3) is 14.3. The van der Waals surface area contributed by atoms with Crippen LogP contribution in [0.15, 0.2) is 24.3 Å². The Hall–Kier alpha value is -2.78. The number of nitrogens with zero attached hydrogens (tertiary/aromatic N) is 4. The molecule has 0 radical (unpaired) electrons. The first-order valence-corrected chi connectivity index (χ1v) is 17.8. The van der Waals surface area contributed by atoms with Gasteiger partial charge in [-0.3, -0.25) is 9.59 Å². The van der Waals surface area contributed by atoms with Crippen LogP contribution in [0.25, 0.3) is 0 Å². The smallest absolute Gasteiger partial charge is 0.222 e. The summed E-state index contributed by atoms with van der Waals surface area (Å²) < 4.78 is 0. The minimum atomic E-state index is -0.0186. The Morgan fingerprint density at radius 3 is 0.935 bits per heavy atom. The summed E-state index contributed by atoms with van der Waals surface area (Å²) >= 11 is 0. The maximum absolute atomic E-state index is 12.9. The summed E-state index contributed by atoms with van der Waals surface area (Å²) in [6.45, 7) is 28.3. The van der Waals surface area contributed by atoms with E-state index in [0.717, 1.165) is 112 Å². The lowest BCUT2D eigenvalue weighted by atomic mass is 10.1. The van der Waals surface area contributed by atoms with Gasteiger partial charge in [-0.15, -0.1) is 46.5 Å². The molecule has 0 saturated heterocycles. The zero-order valence-electron chi connectivity index (χ0n) is 30.2. The fourth-order valence-corrected chi connectivity index (χ4v) is 5.65. The van der Waals surface area contributed by atoms with Crippen molar-refractivity contribution in [3.63, 3.8) is 0 Å². The molecule has 0 unspecified atom stereocenters. The minimum absolute atomic E-state index is 0.0186. The standard InChI is InChI=1S/C38H62N6O2/c1-9-41(10-2)27-31-21-32(28-42(11-3)12-4)24-35(23-31)39-37(45)19-17-18-20-38(46)40-36-25-33(29-43(13-5)14-6)22-34(26-36)30-44(15-7)16-8/h23-26H,9-20,27-30H2,1-8H3,(H,39,45)(H,40,46)/q-2. The second kappa shape index (κ2) is 21.9. The van der Waals surface area contributed by atoms with Crippen molar-refractivity contribution in [2.45, 2.75) is 107 Å². The fourth-order valence-electron chi connectivity index (χ4n) is 5.65. The van der Waals surface area contributed by atoms with Crippen LogP contribution in [0, 0.1) is 12.1 Å². The number of hydrogen-bond acceptors (Lipinski definition) is 6. The van der Waals surface area contributed by atoms with E-state index in [1.165, 1.54) is 0 Å². The normalized spacial score (nSPS) is 11.7. The van der Waals surface area contributed by atoms with Crippen molar-refractivity contribution in [2.75, 3.05) is 63.0 Å². The Morgan fingerprint density at radius 2 is 0.717 bits per heavy atom. The molecule has 2 N–H and O–H groups in total. The van der Waals surface area contributed by atoms with E-state index < -0.39 is 0 Å². The van der Waals surface area contributed by atoms with E-state index in [0.29, 0.717) is 25.7 Å². The maximum Gasteiger partial charge on any atom is 0.222 e. The number of carbonyl (C=O) groups is 2. The third-order valence-corrected chi connectivity index (χ3v) is 8.74. The molecule has 0 bridgehead atoms. The molecule has 2 amide bonds. The summed E-state index contributed by atoms with van der Waals surface area (Å²) in [5, 5.41) is 6.25. The molecule has 0 atom stereocenters. The number of rotatable bonds is 23. The summed E-state index contributed by atoms with van der Waals surface area (Å²) in [7, 11) is 0. The van der Waals surface area contributed by atoms with Crippen molar-refractivity contribution in [3.05, 3.63) is 58.7 Å². The molecular weight excluding hydrogens is 572 g/mol. The van der Waals surface area contributed by atoms with Crippen molar-refractivity contribution < 1.29 is 9.59 Å². The lowest BCUT2D eigenvalue weighted by Crippen LogP contribution is -2.24. The highest BCUT2D eigenvalue weighted by Gasteiger charge is 2.08. The second-order valence-electron chi connectivity index (χ2n) is 12.0. The summed E-state index contributed by atoms with van der Waals surface area (Å²) in [6.07, 6.45) is 2.07. The molecule has 46 heavy (non-hydrogen) atoms. The predicted octanol–water partition coefficient (Wildman–Crippen LogP) is 6.79. The number of hydrogen-bond donors (Lipinski definition) is 2. The average molecular weight is 635 g/mol. The number of amides is 2. The van der Waals surface area contributed by atoms with Crippen molar-refractivity contribution in [1.29, 1.82) is 0 Å². The molecule has 8 nitrogen and oxygen atoms in total. The van der Waals surface area contributed by atoms with E-state index in [-0.39, 0.29) is 11.8 Å². The Labute approximate surface area is 280 Å². The Balaban J connectivity index is 1.98. The lowest BCUT2D eigenvalue weighted by molar-refractivity contribution is -0.118. The predicted molar refractivity (Wildman–Crippen MR) is 193 cm³/mol. The van der Waals surface area contributed by atoms with Crippen molar-refractivity contribution in [1.82, 2.24) is 19.6 Å². The van der Waals surface area contributed by atoms with E-state index in [1.807, 2.05) is 0 Å². The van der Waals surface area contributed by atoms with Gasteiger partial charge in [0.2, 0.25) is 11.8 Å². The molecule has 0 saturated carbocycles. The van der Waals surface area contributed by atoms with Crippen LogP contribution in [-0.4, -0.2) is 83.8 Å². The highest BCUT2D eigenvalue weighted by molar-refractivity contribution is 5.92. The van der Waals surface area contributed by atoms with Gasteiger partial charge in [-0.05, 0) is 65.2 Å². The van der Waals surface area contributed by atoms with Gasteiger partial charge < -0.3 is 30.2 Å². The van der Waals surface area contributed by atoms with Crippen LogP contribution in [0.1, 0.15) is 103 Å². The van der Waals surface area contributed by atoms with Crippen LogP contribution >= 0.6 is 0 Å². The summed E-state index contributed by atoms with van der Waals surface area (Å²) in [5.74, 6) is -0.0373. The topological polar surface area (TPSA) is 71.2 Å². The number of anilines is 2. The minimum Gasteiger partial charge on any atom is -0.349 e. The van der Waals surface area contributed by atoms with E-state index in [9.17, 15) is 9.59 Å². The molecule has 0 aliphatic rings. The van der Waals surface area contributed by atoms with Crippen molar-refractivity contribution >= 4 is 23.2 Å². The summed E-state index contributed by atoms with van der Waals surface area (Å²) in [5.41, 5.74) is 6.04. The van der Waals surface area contributed by atoms with E-state index in [1.54, 1.807) is 0 Å². The quantitative estimate of drug-likeness (QED) is 0.104. The van der Waals surface area contributed by atoms with Gasteiger partial charge in [0.05, 0.1) is 0 Å². The Bertz CT molecular complexity index is 1010. The molecule has 8 heteroatoms. The molecular formula is C38H62N6O2-2. The summed E-state index contributed by atoms with van der Waals surface area (Å²) in [4.78, 5) is 35.3. The van der Waals surface area contributed by atoms with Gasteiger partial charge in [0, 0.05) is 39.0 Å². The number of unbranched alkanes of at least 4 members (excludes halogenated alkanes) is 1. The van der Waals surface area contributed by atoms with Crippen LogP contribution in [-0.2, 0) is 35.8 Å². The van der Waals surface area contributed by atoms with Gasteiger partial charge in [0.1, 0.15) is 0 Å². The summed E-state index contributed by atoms with van der Waals surface area (Å²) in [6, 6.07) is 15.4. The van der Waals surface area contributed by atoms with Gasteiger partial charge >= 0.3 is 0 Å². The highest BCUT2D eigenvalue weighted by atomic mass is 16.2. The van der Waals surface area contributed by atoms with Gasteiger partial charge in [0.15, 0.2) is 0 Å². The zero-order valence-corrected chi connectivity index (χ0v) is 30.2. The number of nitrogens with one attached hydrogen (secondary N) is 2. The molecule has 0 fully saturated rings. The lowest BCUT2D eigenvalue weighted by Gasteiger charge is -2.26. The SMILES string of the molecule is CCN(CC)Cc1[c-]c(CN(CC)CC)cc(NC(=O)CCCCC(=O)Nc2cc(CN(CC)CC)[c-]c(CN(CC)CC)c2)c1. The largest absolute Gasteiger partial charge is 0.349 e. The van der Waals surface area contributed by atoms with Gasteiger partial charge in [0.25, 0.3) is 0 Å². The molecule has 2 aromatic rings. The molecule has 258 valence electrons. The molecule has 0 aromatic heterocycles. The average Bonchev–Trinajstić information content (AvgIpc) is 3.05. The first-order valence-electron chi connectivity index (χ1n) is 17.8. The Kier molecular flexibility index (Phi) is 18.8. The Morgan fingerprint density at radius 1 is 0.478 bits per heavy atom. The van der Waals surface area contributed by atoms with Gasteiger partial charge in [-0.2, -0.15) is 12.1 Å². The van der Waals surface area contributed by atoms with Crippen LogP contribution in [0.3, 0.4) is 0 Å². The van der Waals surface area contributed by atoms with Crippen LogP contribution in [0.2, 0.25) is 0 Å². The van der Waals surface area contributed by atoms with E-state index in [2.05, 4.69) is 122 Å². The highest BCUT2D eigenvalue weighted by Crippen LogP contribution is 2.20. The first kappa shape index (κ1) is 39.4. The first-order chi connectivity index (χ1) is 22.2.